The molecule has 0 bridgehead atoms. The van der Waals surface area contributed by atoms with E-state index in [2.05, 4.69) is 4.98 Å². The Morgan fingerprint density at radius 2 is 2.13 bits per heavy atom. The molecule has 1 aromatic heterocycles. The fourth-order valence-electron chi connectivity index (χ4n) is 1.46. The molecule has 0 unspecified atom stereocenters. The van der Waals surface area contributed by atoms with Gasteiger partial charge in [0.15, 0.2) is 0 Å². The van der Waals surface area contributed by atoms with Gasteiger partial charge in [-0.15, -0.1) is 0 Å². The van der Waals surface area contributed by atoms with Gasteiger partial charge in [-0.3, -0.25) is 4.79 Å². The van der Waals surface area contributed by atoms with Crippen LogP contribution in [0.25, 0.3) is 10.9 Å². The van der Waals surface area contributed by atoms with Crippen molar-refractivity contribution in [2.45, 2.75) is 6.42 Å². The van der Waals surface area contributed by atoms with Gasteiger partial charge in [0.25, 0.3) is 5.56 Å². The molecular formula is C11H8FNO2. The van der Waals surface area contributed by atoms with Gasteiger partial charge in [0, 0.05) is 22.9 Å². The molecule has 1 aromatic carbocycles. The van der Waals surface area contributed by atoms with Crippen molar-refractivity contribution in [3.05, 3.63) is 46.0 Å². The minimum absolute atomic E-state index is 0.0434. The predicted octanol–water partition coefficient (Wildman–Crippen LogP) is 1.41. The van der Waals surface area contributed by atoms with Crippen LogP contribution in [0.3, 0.4) is 0 Å². The number of benzene rings is 1. The van der Waals surface area contributed by atoms with Crippen molar-refractivity contribution in [1.82, 2.24) is 4.98 Å². The zero-order valence-electron chi connectivity index (χ0n) is 7.79. The fourth-order valence-corrected chi connectivity index (χ4v) is 1.46. The smallest absolute Gasteiger partial charge is 0.252 e. The number of hydrogen-bond donors (Lipinski definition) is 1. The van der Waals surface area contributed by atoms with Gasteiger partial charge in [-0.05, 0) is 24.3 Å². The second-order valence-electron chi connectivity index (χ2n) is 3.23. The first-order valence-corrected chi connectivity index (χ1v) is 4.46. The molecule has 1 N–H and O–H groups in total. The highest BCUT2D eigenvalue weighted by Gasteiger charge is 2.02. The highest BCUT2D eigenvalue weighted by atomic mass is 19.1. The lowest BCUT2D eigenvalue weighted by molar-refractivity contribution is -0.107. The van der Waals surface area contributed by atoms with E-state index in [9.17, 15) is 14.0 Å². The van der Waals surface area contributed by atoms with E-state index in [-0.39, 0.29) is 17.8 Å². The number of rotatable bonds is 2. The molecule has 0 amide bonds. The minimum Gasteiger partial charge on any atom is -0.322 e. The molecule has 0 saturated heterocycles. The van der Waals surface area contributed by atoms with E-state index in [1.807, 2.05) is 0 Å². The number of carbonyl (C=O) groups excluding carboxylic acids is 1. The Kier molecular flexibility index (Phi) is 2.33. The molecule has 0 atom stereocenters. The first-order valence-electron chi connectivity index (χ1n) is 4.46. The Bertz CT molecular complexity index is 574. The fraction of sp³-hybridized carbons (Fsp3) is 0.0909. The van der Waals surface area contributed by atoms with Crippen LogP contribution >= 0.6 is 0 Å². The molecule has 1 heterocycles. The van der Waals surface area contributed by atoms with Crippen LogP contribution in [0.5, 0.6) is 0 Å². The monoisotopic (exact) mass is 205 g/mol. The maximum atomic E-state index is 12.9. The molecule has 0 saturated carbocycles. The average molecular weight is 205 g/mol. The van der Waals surface area contributed by atoms with Crippen LogP contribution in [-0.2, 0) is 11.2 Å². The van der Waals surface area contributed by atoms with E-state index in [0.717, 1.165) is 0 Å². The van der Waals surface area contributed by atoms with Crippen LogP contribution in [0.2, 0.25) is 0 Å². The number of nitrogens with one attached hydrogen (secondary N) is 1. The Morgan fingerprint density at radius 1 is 1.33 bits per heavy atom. The summed E-state index contributed by atoms with van der Waals surface area (Å²) in [5.74, 6) is -0.369. The number of halogens is 1. The summed E-state index contributed by atoms with van der Waals surface area (Å²) in [4.78, 5) is 24.3. The van der Waals surface area contributed by atoms with Crippen molar-refractivity contribution in [1.29, 1.82) is 0 Å². The summed E-state index contributed by atoms with van der Waals surface area (Å²) in [5.41, 5.74) is 0.611. The van der Waals surface area contributed by atoms with Crippen molar-refractivity contribution in [3.8, 4) is 0 Å². The third kappa shape index (κ3) is 1.79. The second kappa shape index (κ2) is 3.65. The van der Waals surface area contributed by atoms with E-state index in [1.54, 1.807) is 0 Å². The molecule has 2 rings (SSSR count). The number of hydrogen-bond acceptors (Lipinski definition) is 2. The van der Waals surface area contributed by atoms with Gasteiger partial charge in [-0.25, -0.2) is 4.39 Å². The minimum atomic E-state index is -0.369. The summed E-state index contributed by atoms with van der Waals surface area (Å²) < 4.78 is 12.9. The molecule has 0 radical (unpaired) electrons. The van der Waals surface area contributed by atoms with Crippen molar-refractivity contribution in [2.24, 2.45) is 0 Å². The van der Waals surface area contributed by atoms with E-state index in [4.69, 9.17) is 0 Å². The van der Waals surface area contributed by atoms with Crippen LogP contribution in [0.1, 0.15) is 5.56 Å². The molecule has 76 valence electrons. The summed E-state index contributed by atoms with van der Waals surface area (Å²) in [5, 5.41) is 0.589. The van der Waals surface area contributed by atoms with Gasteiger partial charge < -0.3 is 9.78 Å². The standard InChI is InChI=1S/C11H8FNO2/c12-9-1-2-10-8(6-9)5-7(3-4-14)11(15)13-10/h1-2,4-6H,3H2,(H,13,15). The van der Waals surface area contributed by atoms with Gasteiger partial charge in [0.1, 0.15) is 12.1 Å². The Hall–Kier alpha value is -1.97. The summed E-state index contributed by atoms with van der Waals surface area (Å²) in [6.45, 7) is 0. The van der Waals surface area contributed by atoms with Gasteiger partial charge in [0.2, 0.25) is 0 Å². The van der Waals surface area contributed by atoms with E-state index < -0.39 is 0 Å². The van der Waals surface area contributed by atoms with Crippen LogP contribution in [-0.4, -0.2) is 11.3 Å². The van der Waals surface area contributed by atoms with Crippen molar-refractivity contribution >= 4 is 17.2 Å². The zero-order chi connectivity index (χ0) is 10.8. The normalized spacial score (nSPS) is 10.5. The number of pyridine rings is 1. The van der Waals surface area contributed by atoms with Gasteiger partial charge >= 0.3 is 0 Å². The lowest BCUT2D eigenvalue weighted by Crippen LogP contribution is -2.12. The number of fused-ring (bicyclic) bond motifs is 1. The number of aldehydes is 1. The van der Waals surface area contributed by atoms with Gasteiger partial charge in [0.05, 0.1) is 0 Å². The Labute approximate surface area is 84.6 Å². The van der Waals surface area contributed by atoms with Crippen molar-refractivity contribution in [3.63, 3.8) is 0 Å². The highest BCUT2D eigenvalue weighted by molar-refractivity contribution is 5.79. The molecule has 0 fully saturated rings. The molecule has 3 nitrogen and oxygen atoms in total. The largest absolute Gasteiger partial charge is 0.322 e. The van der Waals surface area contributed by atoms with Crippen LogP contribution in [0, 0.1) is 5.82 Å². The number of carbonyl (C=O) groups is 1. The maximum absolute atomic E-state index is 12.9. The van der Waals surface area contributed by atoms with Crippen LogP contribution < -0.4 is 5.56 Å². The van der Waals surface area contributed by atoms with E-state index in [1.165, 1.54) is 24.3 Å². The van der Waals surface area contributed by atoms with Gasteiger partial charge in [-0.1, -0.05) is 0 Å². The average Bonchev–Trinajstić information content (AvgIpc) is 2.20. The zero-order valence-corrected chi connectivity index (χ0v) is 7.79. The van der Waals surface area contributed by atoms with Crippen molar-refractivity contribution < 1.29 is 9.18 Å². The topological polar surface area (TPSA) is 49.9 Å². The molecule has 0 aliphatic heterocycles. The molecule has 15 heavy (non-hydrogen) atoms. The highest BCUT2D eigenvalue weighted by Crippen LogP contribution is 2.12. The van der Waals surface area contributed by atoms with Gasteiger partial charge in [-0.2, -0.15) is 0 Å². The molecule has 0 aliphatic carbocycles. The molecule has 0 aliphatic rings. The number of aromatic nitrogens is 1. The quantitative estimate of drug-likeness (QED) is 0.753. The Balaban J connectivity index is 2.71. The molecule has 4 heteroatoms. The van der Waals surface area contributed by atoms with Crippen LogP contribution in [0.4, 0.5) is 4.39 Å². The Morgan fingerprint density at radius 3 is 2.87 bits per heavy atom. The molecule has 2 aromatic rings. The lowest BCUT2D eigenvalue weighted by Gasteiger charge is -2.00. The summed E-state index contributed by atoms with van der Waals surface area (Å²) >= 11 is 0. The first kappa shape index (κ1) is 9.58. The van der Waals surface area contributed by atoms with Crippen molar-refractivity contribution in [2.75, 3.05) is 0 Å². The maximum Gasteiger partial charge on any atom is 0.252 e. The molecular weight excluding hydrogens is 197 g/mol. The summed E-state index contributed by atoms with van der Waals surface area (Å²) in [6, 6.07) is 5.62. The molecule has 0 spiro atoms. The van der Waals surface area contributed by atoms with E-state index in [0.29, 0.717) is 22.8 Å². The third-order valence-electron chi connectivity index (χ3n) is 2.19. The second-order valence-corrected chi connectivity index (χ2v) is 3.23. The third-order valence-corrected chi connectivity index (χ3v) is 2.19. The lowest BCUT2D eigenvalue weighted by atomic mass is 10.1. The predicted molar refractivity (Wildman–Crippen MR) is 54.3 cm³/mol. The first-order chi connectivity index (χ1) is 7.20. The number of aromatic amines is 1. The van der Waals surface area contributed by atoms with E-state index >= 15 is 0 Å². The summed E-state index contributed by atoms with van der Waals surface area (Å²) in [6.07, 6.45) is 0.692. The SMILES string of the molecule is O=CCc1cc2cc(F)ccc2[nH]c1=O. The van der Waals surface area contributed by atoms with Crippen LogP contribution in [0.15, 0.2) is 29.1 Å². The summed E-state index contributed by atoms with van der Waals surface area (Å²) in [7, 11) is 0. The number of H-pyrrole nitrogens is 1.